The molecule has 0 radical (unpaired) electrons. The minimum Gasteiger partial charge on any atom is -0.350 e. The summed E-state index contributed by atoms with van der Waals surface area (Å²) in [5.74, 6) is 0.868. The summed E-state index contributed by atoms with van der Waals surface area (Å²) < 4.78 is 5.56. The quantitative estimate of drug-likeness (QED) is 0.866. The molecule has 94 valence electrons. The van der Waals surface area contributed by atoms with E-state index in [0.29, 0.717) is 35.0 Å². The lowest BCUT2D eigenvalue weighted by atomic mass is 10.3. The van der Waals surface area contributed by atoms with Crippen molar-refractivity contribution in [1.82, 2.24) is 20.4 Å². The molecule has 2 heterocycles. The van der Waals surface area contributed by atoms with Gasteiger partial charge in [0.1, 0.15) is 10.3 Å². The number of nitrogens with zero attached hydrogens (tertiary/aromatic N) is 3. The van der Waals surface area contributed by atoms with Crippen LogP contribution in [-0.4, -0.2) is 27.6 Å². The van der Waals surface area contributed by atoms with Crippen molar-refractivity contribution in [3.8, 4) is 0 Å². The lowest BCUT2D eigenvalue weighted by molar-refractivity contribution is 0.0948. The number of carbonyl (C=O) groups excluding carboxylic acids is 1. The first-order valence-corrected chi connectivity index (χ1v) is 6.14. The van der Waals surface area contributed by atoms with Gasteiger partial charge in [0.2, 0.25) is 5.89 Å². The summed E-state index contributed by atoms with van der Waals surface area (Å²) >= 11 is 3.21. The van der Waals surface area contributed by atoms with Crippen LogP contribution in [0.4, 0.5) is 0 Å². The Bertz CT molecular complexity index is 555. The maximum absolute atomic E-state index is 11.7. The molecule has 0 atom stereocenters. The van der Waals surface area contributed by atoms with Gasteiger partial charge in [-0.15, -0.1) is 0 Å². The number of pyridine rings is 1. The van der Waals surface area contributed by atoms with Crippen molar-refractivity contribution in [1.29, 1.82) is 0 Å². The van der Waals surface area contributed by atoms with E-state index in [1.807, 2.05) is 0 Å². The van der Waals surface area contributed by atoms with Gasteiger partial charge in [-0.3, -0.25) is 4.79 Å². The molecule has 2 aromatic rings. The van der Waals surface area contributed by atoms with Crippen LogP contribution in [0.5, 0.6) is 0 Å². The van der Waals surface area contributed by atoms with E-state index in [2.05, 4.69) is 36.4 Å². The molecule has 0 aliphatic rings. The van der Waals surface area contributed by atoms with E-state index in [1.165, 1.54) is 0 Å². The van der Waals surface area contributed by atoms with Crippen LogP contribution in [0.15, 0.2) is 27.3 Å². The van der Waals surface area contributed by atoms with Crippen LogP contribution < -0.4 is 5.32 Å². The fourth-order valence-corrected chi connectivity index (χ4v) is 1.69. The minimum atomic E-state index is -0.229. The highest BCUT2D eigenvalue weighted by molar-refractivity contribution is 9.10. The highest BCUT2D eigenvalue weighted by atomic mass is 79.9. The largest absolute Gasteiger partial charge is 0.350 e. The summed E-state index contributed by atoms with van der Waals surface area (Å²) in [5, 5.41) is 6.40. The second-order valence-electron chi connectivity index (χ2n) is 3.59. The molecule has 0 unspecified atom stereocenters. The van der Waals surface area contributed by atoms with Gasteiger partial charge in [-0.1, -0.05) is 11.2 Å². The molecule has 0 saturated heterocycles. The van der Waals surface area contributed by atoms with Crippen LogP contribution in [0.3, 0.4) is 0 Å². The average molecular weight is 311 g/mol. The minimum absolute atomic E-state index is 0.229. The normalized spacial score (nSPS) is 10.3. The smallest absolute Gasteiger partial charge is 0.269 e. The number of rotatable bonds is 4. The van der Waals surface area contributed by atoms with E-state index >= 15 is 0 Å². The number of aryl methyl sites for hydroxylation is 1. The third kappa shape index (κ3) is 3.36. The predicted octanol–water partition coefficient (Wildman–Crippen LogP) is 1.51. The highest BCUT2D eigenvalue weighted by Crippen LogP contribution is 2.06. The Hall–Kier alpha value is -1.76. The molecule has 0 fully saturated rings. The Morgan fingerprint density at radius 3 is 2.94 bits per heavy atom. The number of amides is 1. The van der Waals surface area contributed by atoms with Crippen LogP contribution in [0.2, 0.25) is 0 Å². The molecule has 7 heteroatoms. The Kier molecular flexibility index (Phi) is 4.03. The van der Waals surface area contributed by atoms with Crippen molar-refractivity contribution < 1.29 is 9.32 Å². The van der Waals surface area contributed by atoms with E-state index < -0.39 is 0 Å². The molecule has 18 heavy (non-hydrogen) atoms. The first-order valence-electron chi connectivity index (χ1n) is 5.35. The van der Waals surface area contributed by atoms with Gasteiger partial charge in [-0.25, -0.2) is 4.98 Å². The fourth-order valence-electron chi connectivity index (χ4n) is 1.35. The summed E-state index contributed by atoms with van der Waals surface area (Å²) in [5.41, 5.74) is 0.367. The topological polar surface area (TPSA) is 80.9 Å². The molecular weight excluding hydrogens is 300 g/mol. The summed E-state index contributed by atoms with van der Waals surface area (Å²) in [7, 11) is 0. The lowest BCUT2D eigenvalue weighted by Crippen LogP contribution is -2.26. The molecule has 0 saturated carbocycles. The van der Waals surface area contributed by atoms with Crippen molar-refractivity contribution in [2.75, 3.05) is 6.54 Å². The van der Waals surface area contributed by atoms with Crippen LogP contribution in [-0.2, 0) is 6.42 Å². The molecular formula is C11H11BrN4O2. The number of hydrogen-bond acceptors (Lipinski definition) is 5. The number of carbonyl (C=O) groups is 1. The van der Waals surface area contributed by atoms with E-state index in [9.17, 15) is 4.79 Å². The van der Waals surface area contributed by atoms with Gasteiger partial charge in [-0.2, -0.15) is 4.98 Å². The third-order valence-electron chi connectivity index (χ3n) is 2.14. The summed E-state index contributed by atoms with van der Waals surface area (Å²) in [6.45, 7) is 2.17. The van der Waals surface area contributed by atoms with Gasteiger partial charge in [0.05, 0.1) is 0 Å². The van der Waals surface area contributed by atoms with Crippen LogP contribution in [0.25, 0.3) is 0 Å². The average Bonchev–Trinajstić information content (AvgIpc) is 2.75. The summed E-state index contributed by atoms with van der Waals surface area (Å²) in [6.07, 6.45) is 0.501. The summed E-state index contributed by atoms with van der Waals surface area (Å²) in [6, 6.07) is 5.17. The molecule has 1 N–H and O–H groups in total. The van der Waals surface area contributed by atoms with E-state index in [4.69, 9.17) is 4.52 Å². The van der Waals surface area contributed by atoms with Crippen molar-refractivity contribution in [3.63, 3.8) is 0 Å². The van der Waals surface area contributed by atoms with Crippen molar-refractivity contribution in [2.45, 2.75) is 13.3 Å². The molecule has 1 amide bonds. The molecule has 0 spiro atoms. The predicted molar refractivity (Wildman–Crippen MR) is 67.0 cm³/mol. The molecule has 0 aliphatic carbocycles. The van der Waals surface area contributed by atoms with Gasteiger partial charge in [0, 0.05) is 13.0 Å². The molecule has 2 aromatic heterocycles. The number of nitrogens with one attached hydrogen (secondary N) is 1. The first-order chi connectivity index (χ1) is 8.65. The Morgan fingerprint density at radius 1 is 1.44 bits per heavy atom. The second-order valence-corrected chi connectivity index (χ2v) is 4.40. The van der Waals surface area contributed by atoms with Crippen molar-refractivity contribution >= 4 is 21.8 Å². The second kappa shape index (κ2) is 5.72. The molecule has 0 aliphatic heterocycles. The van der Waals surface area contributed by atoms with Gasteiger partial charge in [-0.05, 0) is 35.0 Å². The van der Waals surface area contributed by atoms with E-state index in [-0.39, 0.29) is 5.91 Å². The Labute approximate surface area is 112 Å². The lowest BCUT2D eigenvalue weighted by Gasteiger charge is -2.02. The van der Waals surface area contributed by atoms with Crippen LogP contribution >= 0.6 is 15.9 Å². The number of halogens is 1. The molecule has 0 bridgehead atoms. The maximum Gasteiger partial charge on any atom is 0.269 e. The van der Waals surface area contributed by atoms with E-state index in [0.717, 1.165) is 0 Å². The standard InChI is InChI=1S/C11H11BrN4O2/c1-7-14-10(18-16-7)5-6-13-11(17)8-3-2-4-9(12)15-8/h2-4H,5-6H2,1H3,(H,13,17). The SMILES string of the molecule is Cc1noc(CCNC(=O)c2cccc(Br)n2)n1. The van der Waals surface area contributed by atoms with Gasteiger partial charge in [0.15, 0.2) is 5.82 Å². The highest BCUT2D eigenvalue weighted by Gasteiger charge is 2.08. The maximum atomic E-state index is 11.7. The van der Waals surface area contributed by atoms with Crippen LogP contribution in [0.1, 0.15) is 22.2 Å². The van der Waals surface area contributed by atoms with E-state index in [1.54, 1.807) is 25.1 Å². The number of aromatic nitrogens is 3. The third-order valence-corrected chi connectivity index (χ3v) is 2.58. The van der Waals surface area contributed by atoms with Gasteiger partial charge >= 0.3 is 0 Å². The van der Waals surface area contributed by atoms with Crippen molar-refractivity contribution in [2.24, 2.45) is 0 Å². The monoisotopic (exact) mass is 310 g/mol. The fraction of sp³-hybridized carbons (Fsp3) is 0.273. The Balaban J connectivity index is 1.85. The molecule has 2 rings (SSSR count). The zero-order valence-corrected chi connectivity index (χ0v) is 11.3. The van der Waals surface area contributed by atoms with Gasteiger partial charge in [0.25, 0.3) is 5.91 Å². The Morgan fingerprint density at radius 2 is 2.28 bits per heavy atom. The molecule has 6 nitrogen and oxygen atoms in total. The molecule has 0 aromatic carbocycles. The van der Waals surface area contributed by atoms with Crippen LogP contribution in [0, 0.1) is 6.92 Å². The van der Waals surface area contributed by atoms with Crippen molar-refractivity contribution in [3.05, 3.63) is 40.2 Å². The van der Waals surface area contributed by atoms with Gasteiger partial charge < -0.3 is 9.84 Å². The number of hydrogen-bond donors (Lipinski definition) is 1. The zero-order chi connectivity index (χ0) is 13.0. The summed E-state index contributed by atoms with van der Waals surface area (Å²) in [4.78, 5) is 19.8. The zero-order valence-electron chi connectivity index (χ0n) is 9.68. The first kappa shape index (κ1) is 12.7.